The van der Waals surface area contributed by atoms with Crippen LogP contribution in [0, 0.1) is 17.1 Å². The Morgan fingerprint density at radius 1 is 1.09 bits per heavy atom. The van der Waals surface area contributed by atoms with Crippen molar-refractivity contribution in [2.45, 2.75) is 26.2 Å². The summed E-state index contributed by atoms with van der Waals surface area (Å²) in [7, 11) is 0. The number of hydrogen-bond acceptors (Lipinski definition) is 9. The number of pyridine rings is 1. The smallest absolute Gasteiger partial charge is 0.255 e. The molecule has 0 aliphatic carbocycles. The molecule has 2 amide bonds. The summed E-state index contributed by atoms with van der Waals surface area (Å²) < 4.78 is 20.7. The van der Waals surface area contributed by atoms with Crippen molar-refractivity contribution in [3.8, 4) is 17.7 Å². The number of nitrogens with zero attached hydrogens (tertiary/aromatic N) is 5. The number of ether oxygens (including phenoxy) is 1. The van der Waals surface area contributed by atoms with Crippen LogP contribution < -0.4 is 15.4 Å². The van der Waals surface area contributed by atoms with Crippen molar-refractivity contribution >= 4 is 55.9 Å². The number of thiazole rings is 1. The van der Waals surface area contributed by atoms with Crippen molar-refractivity contribution in [1.29, 1.82) is 5.26 Å². The Morgan fingerprint density at radius 3 is 2.57 bits per heavy atom. The number of fused-ring (bicyclic) bond motifs is 1. The molecule has 1 aliphatic rings. The standard InChI is InChI=1S/C31H31ClFN7O3S/c1-4-39-10-12-40(13-11-39)17-26(41)37-30-36-23-8-9-27(38-29(23)44-30)43-25-16-24(22(33)15-21(25)32)35-28(42)19-6-5-7-20(14-19)31(2,3)18-34/h5-9,14-16H,4,10-13,17H2,1-3H3,(H,35,42)(H,36,37,41). The summed E-state index contributed by atoms with van der Waals surface area (Å²) in [6, 6.07) is 14.4. The van der Waals surface area contributed by atoms with E-state index in [-0.39, 0.29) is 33.8 Å². The SMILES string of the molecule is CCN1CCN(CC(=O)Nc2nc3ccc(Oc4cc(NC(=O)c5cccc(C(C)(C)C#N)c5)c(F)cc4Cl)nc3s2)CC1. The normalized spacial score (nSPS) is 14.3. The van der Waals surface area contributed by atoms with E-state index < -0.39 is 17.1 Å². The van der Waals surface area contributed by atoms with Gasteiger partial charge in [0, 0.05) is 43.9 Å². The van der Waals surface area contributed by atoms with Crippen molar-refractivity contribution in [1.82, 2.24) is 19.8 Å². The Morgan fingerprint density at radius 2 is 1.84 bits per heavy atom. The lowest BCUT2D eigenvalue weighted by Crippen LogP contribution is -2.48. The molecule has 44 heavy (non-hydrogen) atoms. The summed E-state index contributed by atoms with van der Waals surface area (Å²) in [5.74, 6) is -1.20. The Kier molecular flexibility index (Phi) is 9.41. The number of benzene rings is 2. The highest BCUT2D eigenvalue weighted by Crippen LogP contribution is 2.35. The maximum Gasteiger partial charge on any atom is 0.255 e. The molecule has 228 valence electrons. The maximum atomic E-state index is 14.8. The van der Waals surface area contributed by atoms with E-state index in [9.17, 15) is 19.2 Å². The van der Waals surface area contributed by atoms with Gasteiger partial charge in [0.25, 0.3) is 5.91 Å². The number of piperazine rings is 1. The average Bonchev–Trinajstić information content (AvgIpc) is 3.41. The van der Waals surface area contributed by atoms with Crippen molar-refractivity contribution < 1.29 is 18.7 Å². The molecule has 0 atom stereocenters. The predicted molar refractivity (Wildman–Crippen MR) is 169 cm³/mol. The van der Waals surface area contributed by atoms with Crippen molar-refractivity contribution in [2.75, 3.05) is 49.9 Å². The number of anilines is 2. The van der Waals surface area contributed by atoms with Crippen molar-refractivity contribution in [3.05, 3.63) is 70.5 Å². The molecule has 2 N–H and O–H groups in total. The molecule has 3 heterocycles. The van der Waals surface area contributed by atoms with E-state index in [1.165, 1.54) is 17.4 Å². The van der Waals surface area contributed by atoms with E-state index in [0.29, 0.717) is 27.6 Å². The van der Waals surface area contributed by atoms with Gasteiger partial charge >= 0.3 is 0 Å². The van der Waals surface area contributed by atoms with Gasteiger partial charge < -0.3 is 20.3 Å². The van der Waals surface area contributed by atoms with Gasteiger partial charge in [-0.05, 0) is 50.2 Å². The highest BCUT2D eigenvalue weighted by atomic mass is 35.5. The van der Waals surface area contributed by atoms with E-state index >= 15 is 0 Å². The molecule has 0 saturated carbocycles. The second-order valence-electron chi connectivity index (χ2n) is 10.9. The van der Waals surface area contributed by atoms with E-state index in [1.807, 2.05) is 0 Å². The van der Waals surface area contributed by atoms with E-state index in [1.54, 1.807) is 50.2 Å². The number of hydrogen-bond donors (Lipinski definition) is 2. The lowest BCUT2D eigenvalue weighted by molar-refractivity contribution is -0.117. The molecule has 0 bridgehead atoms. The number of aromatic nitrogens is 2. The first-order chi connectivity index (χ1) is 21.0. The van der Waals surface area contributed by atoms with Gasteiger partial charge in [0.05, 0.1) is 28.7 Å². The topological polar surface area (TPSA) is 123 Å². The van der Waals surface area contributed by atoms with Crippen LogP contribution in [0.2, 0.25) is 5.02 Å². The van der Waals surface area contributed by atoms with Crippen LogP contribution in [0.4, 0.5) is 15.2 Å². The lowest BCUT2D eigenvalue weighted by atomic mass is 9.85. The van der Waals surface area contributed by atoms with Crippen LogP contribution in [0.1, 0.15) is 36.7 Å². The number of carbonyl (C=O) groups is 2. The number of nitrogens with one attached hydrogen (secondary N) is 2. The molecule has 0 radical (unpaired) electrons. The fourth-order valence-corrected chi connectivity index (χ4v) is 5.69. The van der Waals surface area contributed by atoms with Crippen LogP contribution in [0.3, 0.4) is 0 Å². The molecule has 5 rings (SSSR count). The number of carbonyl (C=O) groups excluding carboxylic acids is 2. The van der Waals surface area contributed by atoms with Gasteiger partial charge in [-0.1, -0.05) is 42.0 Å². The van der Waals surface area contributed by atoms with Crippen LogP contribution in [-0.4, -0.2) is 70.9 Å². The molecule has 0 spiro atoms. The Balaban J connectivity index is 1.26. The minimum Gasteiger partial charge on any atom is -0.437 e. The summed E-state index contributed by atoms with van der Waals surface area (Å²) in [5.41, 5.74) is 0.562. The third-order valence-corrected chi connectivity index (χ3v) is 8.54. The van der Waals surface area contributed by atoms with E-state index in [0.717, 1.165) is 38.8 Å². The van der Waals surface area contributed by atoms with Gasteiger partial charge in [-0.2, -0.15) is 5.26 Å². The lowest BCUT2D eigenvalue weighted by Gasteiger charge is -2.33. The number of nitriles is 1. The highest BCUT2D eigenvalue weighted by molar-refractivity contribution is 7.21. The van der Waals surface area contributed by atoms with Gasteiger partial charge in [0.15, 0.2) is 5.13 Å². The minimum atomic E-state index is -0.800. The number of amides is 2. The second-order valence-corrected chi connectivity index (χ2v) is 12.3. The molecule has 1 aliphatic heterocycles. The zero-order valence-electron chi connectivity index (χ0n) is 24.5. The molecule has 1 saturated heterocycles. The Labute approximate surface area is 263 Å². The molecular weight excluding hydrogens is 605 g/mol. The molecule has 0 unspecified atom stereocenters. The predicted octanol–water partition coefficient (Wildman–Crippen LogP) is 5.91. The van der Waals surface area contributed by atoms with Crippen molar-refractivity contribution in [3.63, 3.8) is 0 Å². The first-order valence-corrected chi connectivity index (χ1v) is 15.3. The third kappa shape index (κ3) is 7.31. The first kappa shape index (κ1) is 31.3. The second kappa shape index (κ2) is 13.2. The minimum absolute atomic E-state index is 0.0165. The van der Waals surface area contributed by atoms with E-state index in [2.05, 4.69) is 43.4 Å². The van der Waals surface area contributed by atoms with Gasteiger partial charge in [-0.15, -0.1) is 0 Å². The van der Waals surface area contributed by atoms with Gasteiger partial charge in [-0.3, -0.25) is 14.5 Å². The summed E-state index contributed by atoms with van der Waals surface area (Å²) in [6.07, 6.45) is 0. The van der Waals surface area contributed by atoms with Crippen LogP contribution in [0.5, 0.6) is 11.6 Å². The molecule has 1 fully saturated rings. The monoisotopic (exact) mass is 635 g/mol. The first-order valence-electron chi connectivity index (χ1n) is 14.1. The summed E-state index contributed by atoms with van der Waals surface area (Å²) >= 11 is 7.47. The quantitative estimate of drug-likeness (QED) is 0.233. The zero-order chi connectivity index (χ0) is 31.4. The molecule has 2 aromatic heterocycles. The number of rotatable bonds is 9. The summed E-state index contributed by atoms with van der Waals surface area (Å²) in [6.45, 7) is 10.5. The van der Waals surface area contributed by atoms with Crippen LogP contribution >= 0.6 is 22.9 Å². The van der Waals surface area contributed by atoms with Crippen molar-refractivity contribution in [2.24, 2.45) is 0 Å². The van der Waals surface area contributed by atoms with Crippen LogP contribution in [0.15, 0.2) is 48.5 Å². The van der Waals surface area contributed by atoms with Gasteiger partial charge in [-0.25, -0.2) is 14.4 Å². The summed E-state index contributed by atoms with van der Waals surface area (Å²) in [4.78, 5) is 39.5. The molecular formula is C31H31ClFN7O3S. The van der Waals surface area contributed by atoms with Crippen LogP contribution in [-0.2, 0) is 10.2 Å². The Bertz CT molecular complexity index is 1750. The van der Waals surface area contributed by atoms with Gasteiger partial charge in [0.2, 0.25) is 11.8 Å². The van der Waals surface area contributed by atoms with Crippen LogP contribution in [0.25, 0.3) is 10.3 Å². The maximum absolute atomic E-state index is 14.8. The Hall–Kier alpha value is -4.15. The number of likely N-dealkylation sites (N-methyl/N-ethyl adjacent to an activating group) is 1. The molecule has 13 heteroatoms. The largest absolute Gasteiger partial charge is 0.437 e. The van der Waals surface area contributed by atoms with Gasteiger partial charge in [0.1, 0.15) is 21.9 Å². The number of halogens is 2. The molecule has 10 nitrogen and oxygen atoms in total. The fraction of sp³-hybridized carbons (Fsp3) is 0.323. The summed E-state index contributed by atoms with van der Waals surface area (Å²) in [5, 5.41) is 15.3. The molecule has 2 aromatic carbocycles. The molecule has 4 aromatic rings. The fourth-order valence-electron chi connectivity index (χ4n) is 4.66. The average molecular weight is 636 g/mol. The third-order valence-electron chi connectivity index (χ3n) is 7.37. The van der Waals surface area contributed by atoms with E-state index in [4.69, 9.17) is 16.3 Å². The zero-order valence-corrected chi connectivity index (χ0v) is 26.1. The highest BCUT2D eigenvalue weighted by Gasteiger charge is 2.22.